The van der Waals surface area contributed by atoms with Crippen molar-refractivity contribution in [1.82, 2.24) is 4.98 Å². The zero-order chi connectivity index (χ0) is 14.7. The van der Waals surface area contributed by atoms with Gasteiger partial charge in [-0.05, 0) is 34.1 Å². The molecule has 20 heavy (non-hydrogen) atoms. The fraction of sp³-hybridized carbons (Fsp3) is 0. The second-order valence-electron chi connectivity index (χ2n) is 3.74. The first-order valence-corrected chi connectivity index (χ1v) is 6.13. The van der Waals surface area contributed by atoms with E-state index in [9.17, 15) is 14.9 Å². The van der Waals surface area contributed by atoms with Crippen LogP contribution in [0.4, 0.5) is 5.69 Å². The zero-order valence-electron chi connectivity index (χ0n) is 9.95. The number of halogens is 1. The summed E-state index contributed by atoms with van der Waals surface area (Å²) < 4.78 is 6.07. The number of amides is 1. The Morgan fingerprint density at radius 3 is 2.70 bits per heavy atom. The fourth-order valence-electron chi connectivity index (χ4n) is 1.47. The molecule has 0 atom stereocenters. The molecule has 1 aromatic heterocycles. The second kappa shape index (κ2) is 5.66. The molecule has 0 aliphatic rings. The van der Waals surface area contributed by atoms with E-state index in [0.29, 0.717) is 10.2 Å². The van der Waals surface area contributed by atoms with Crippen LogP contribution in [0.5, 0.6) is 11.5 Å². The lowest BCUT2D eigenvalue weighted by Gasteiger charge is -2.07. The standard InChI is InChI=1S/C12H8BrN3O4/c13-8-4-9(6-15-5-8)20-11-2-1-7(12(14)17)3-10(11)16(18)19/h1-6H,(H2,14,17). The molecule has 0 unspecified atom stereocenters. The highest BCUT2D eigenvalue weighted by Crippen LogP contribution is 2.32. The largest absolute Gasteiger partial charge is 0.448 e. The molecular formula is C12H8BrN3O4. The van der Waals surface area contributed by atoms with Crippen molar-refractivity contribution in [3.05, 3.63) is 56.8 Å². The van der Waals surface area contributed by atoms with E-state index in [4.69, 9.17) is 10.5 Å². The van der Waals surface area contributed by atoms with Gasteiger partial charge in [0.05, 0.1) is 11.1 Å². The van der Waals surface area contributed by atoms with Crippen LogP contribution in [-0.2, 0) is 0 Å². The van der Waals surface area contributed by atoms with Gasteiger partial charge in [-0.1, -0.05) is 0 Å². The lowest BCUT2D eigenvalue weighted by atomic mass is 10.2. The number of primary amides is 1. The Balaban J connectivity index is 2.41. The van der Waals surface area contributed by atoms with Crippen LogP contribution >= 0.6 is 15.9 Å². The van der Waals surface area contributed by atoms with Crippen molar-refractivity contribution in [3.8, 4) is 11.5 Å². The maximum atomic E-state index is 11.0. The van der Waals surface area contributed by atoms with Crippen LogP contribution in [0.3, 0.4) is 0 Å². The van der Waals surface area contributed by atoms with E-state index in [1.807, 2.05) is 0 Å². The van der Waals surface area contributed by atoms with Crippen LogP contribution in [0.2, 0.25) is 0 Å². The minimum atomic E-state index is -0.747. The predicted molar refractivity (Wildman–Crippen MR) is 73.6 cm³/mol. The molecule has 0 spiro atoms. The van der Waals surface area contributed by atoms with E-state index in [0.717, 1.165) is 6.07 Å². The molecule has 1 aromatic carbocycles. The number of rotatable bonds is 4. The Hall–Kier alpha value is -2.48. The molecule has 2 N–H and O–H groups in total. The average molecular weight is 338 g/mol. The van der Waals surface area contributed by atoms with Gasteiger partial charge in [-0.2, -0.15) is 0 Å². The lowest BCUT2D eigenvalue weighted by Crippen LogP contribution is -2.11. The number of hydrogen-bond acceptors (Lipinski definition) is 5. The minimum absolute atomic E-state index is 0.0000926. The SMILES string of the molecule is NC(=O)c1ccc(Oc2cncc(Br)c2)c([N+](=O)[O-])c1. The number of pyridine rings is 1. The van der Waals surface area contributed by atoms with E-state index >= 15 is 0 Å². The van der Waals surface area contributed by atoms with Gasteiger partial charge in [-0.3, -0.25) is 19.9 Å². The third kappa shape index (κ3) is 3.09. The third-order valence-electron chi connectivity index (χ3n) is 2.35. The van der Waals surface area contributed by atoms with Crippen LogP contribution < -0.4 is 10.5 Å². The Morgan fingerprint density at radius 2 is 2.10 bits per heavy atom. The molecule has 7 nitrogen and oxygen atoms in total. The number of benzene rings is 1. The Kier molecular flexibility index (Phi) is 3.94. The highest BCUT2D eigenvalue weighted by atomic mass is 79.9. The van der Waals surface area contributed by atoms with Crippen LogP contribution in [0.25, 0.3) is 0 Å². The molecule has 8 heteroatoms. The molecule has 0 fully saturated rings. The fourth-order valence-corrected chi connectivity index (χ4v) is 1.82. The number of nitrogens with zero attached hydrogens (tertiary/aromatic N) is 2. The summed E-state index contributed by atoms with van der Waals surface area (Å²) in [6, 6.07) is 5.36. The summed E-state index contributed by atoms with van der Waals surface area (Å²) in [7, 11) is 0. The van der Waals surface area contributed by atoms with E-state index in [1.54, 1.807) is 12.3 Å². The highest BCUT2D eigenvalue weighted by Gasteiger charge is 2.18. The molecule has 0 bridgehead atoms. The van der Waals surface area contributed by atoms with E-state index in [-0.39, 0.29) is 17.0 Å². The van der Waals surface area contributed by atoms with Crippen LogP contribution in [0.15, 0.2) is 41.1 Å². The van der Waals surface area contributed by atoms with E-state index in [2.05, 4.69) is 20.9 Å². The minimum Gasteiger partial charge on any atom is -0.448 e. The van der Waals surface area contributed by atoms with Gasteiger partial charge in [-0.15, -0.1) is 0 Å². The van der Waals surface area contributed by atoms with Gasteiger partial charge in [0.1, 0.15) is 5.75 Å². The maximum absolute atomic E-state index is 11.0. The smallest absolute Gasteiger partial charge is 0.312 e. The van der Waals surface area contributed by atoms with Crippen LogP contribution in [0.1, 0.15) is 10.4 Å². The number of carbonyl (C=O) groups is 1. The first-order valence-electron chi connectivity index (χ1n) is 5.34. The molecule has 0 saturated carbocycles. The molecule has 0 saturated heterocycles. The summed E-state index contributed by atoms with van der Waals surface area (Å²) in [5.74, 6) is -0.419. The summed E-state index contributed by atoms with van der Waals surface area (Å²) in [6.45, 7) is 0. The molecule has 0 aliphatic carbocycles. The number of carbonyl (C=O) groups excluding carboxylic acids is 1. The first-order chi connectivity index (χ1) is 9.47. The van der Waals surface area contributed by atoms with Crippen molar-refractivity contribution in [2.24, 2.45) is 5.73 Å². The molecule has 0 radical (unpaired) electrons. The summed E-state index contributed by atoms with van der Waals surface area (Å²) in [5, 5.41) is 11.0. The molecule has 1 amide bonds. The molecule has 2 aromatic rings. The number of nitro groups is 1. The molecule has 1 heterocycles. The summed E-state index contributed by atoms with van der Waals surface area (Å²) in [6.07, 6.45) is 2.97. The predicted octanol–water partition coefficient (Wildman–Crippen LogP) is 2.64. The van der Waals surface area contributed by atoms with Gasteiger partial charge in [0.15, 0.2) is 0 Å². The average Bonchev–Trinajstić information content (AvgIpc) is 2.38. The van der Waals surface area contributed by atoms with Gasteiger partial charge in [0, 0.05) is 22.3 Å². The second-order valence-corrected chi connectivity index (χ2v) is 4.66. The van der Waals surface area contributed by atoms with Crippen molar-refractivity contribution < 1.29 is 14.5 Å². The topological polar surface area (TPSA) is 108 Å². The Bertz CT molecular complexity index is 690. The monoisotopic (exact) mass is 337 g/mol. The Morgan fingerprint density at radius 1 is 1.35 bits per heavy atom. The van der Waals surface area contributed by atoms with Crippen molar-refractivity contribution in [2.45, 2.75) is 0 Å². The van der Waals surface area contributed by atoms with Crippen LogP contribution in [-0.4, -0.2) is 15.8 Å². The first kappa shape index (κ1) is 13.9. The number of nitrogens with two attached hydrogens (primary N) is 1. The zero-order valence-corrected chi connectivity index (χ0v) is 11.5. The van der Waals surface area contributed by atoms with Gasteiger partial charge in [0.2, 0.25) is 11.7 Å². The number of aromatic nitrogens is 1. The van der Waals surface area contributed by atoms with Gasteiger partial charge < -0.3 is 10.5 Å². The van der Waals surface area contributed by atoms with Crippen molar-refractivity contribution in [1.29, 1.82) is 0 Å². The third-order valence-corrected chi connectivity index (χ3v) is 2.78. The van der Waals surface area contributed by atoms with E-state index < -0.39 is 10.8 Å². The normalized spacial score (nSPS) is 10.1. The summed E-state index contributed by atoms with van der Waals surface area (Å²) >= 11 is 3.22. The van der Waals surface area contributed by atoms with Crippen LogP contribution in [0, 0.1) is 10.1 Å². The Labute approximate surface area is 121 Å². The number of hydrogen-bond donors (Lipinski definition) is 1. The number of nitro benzene ring substituents is 1. The van der Waals surface area contributed by atoms with Gasteiger partial charge in [-0.25, -0.2) is 0 Å². The highest BCUT2D eigenvalue weighted by molar-refractivity contribution is 9.10. The number of ether oxygens (including phenoxy) is 1. The molecule has 102 valence electrons. The van der Waals surface area contributed by atoms with Gasteiger partial charge in [0.25, 0.3) is 0 Å². The quantitative estimate of drug-likeness (QED) is 0.681. The van der Waals surface area contributed by atoms with Crippen molar-refractivity contribution in [3.63, 3.8) is 0 Å². The summed E-state index contributed by atoms with van der Waals surface area (Å²) in [5.41, 5.74) is 4.78. The molecule has 0 aliphatic heterocycles. The van der Waals surface area contributed by atoms with E-state index in [1.165, 1.54) is 18.3 Å². The summed E-state index contributed by atoms with van der Waals surface area (Å²) in [4.78, 5) is 25.3. The maximum Gasteiger partial charge on any atom is 0.312 e. The molecular weight excluding hydrogens is 330 g/mol. The van der Waals surface area contributed by atoms with Crippen molar-refractivity contribution >= 4 is 27.5 Å². The van der Waals surface area contributed by atoms with Gasteiger partial charge >= 0.3 is 5.69 Å². The lowest BCUT2D eigenvalue weighted by molar-refractivity contribution is -0.385. The molecule has 2 rings (SSSR count). The van der Waals surface area contributed by atoms with Crippen molar-refractivity contribution in [2.75, 3.05) is 0 Å².